The molecular formula is C27H33N5O3. The first-order valence-corrected chi connectivity index (χ1v) is 13.0. The molecule has 1 aliphatic carbocycles. The monoisotopic (exact) mass is 475 g/mol. The number of nitrogens with two attached hydrogens (primary N) is 1. The predicted molar refractivity (Wildman–Crippen MR) is 133 cm³/mol. The Balaban J connectivity index is 1.12. The fourth-order valence-corrected chi connectivity index (χ4v) is 6.59. The van der Waals surface area contributed by atoms with Gasteiger partial charge in [0.05, 0.1) is 17.6 Å². The minimum absolute atomic E-state index is 0.0934. The van der Waals surface area contributed by atoms with Crippen molar-refractivity contribution in [1.29, 1.82) is 0 Å². The molecule has 0 unspecified atom stereocenters. The van der Waals surface area contributed by atoms with E-state index in [2.05, 4.69) is 37.8 Å². The molecule has 0 spiro atoms. The second kappa shape index (κ2) is 8.18. The normalized spacial score (nSPS) is 30.5. The lowest BCUT2D eigenvalue weighted by molar-refractivity contribution is -0.0198. The van der Waals surface area contributed by atoms with Crippen LogP contribution >= 0.6 is 0 Å². The van der Waals surface area contributed by atoms with Crippen LogP contribution in [0, 0.1) is 5.92 Å². The highest BCUT2D eigenvalue weighted by molar-refractivity contribution is 6.00. The number of anilines is 1. The van der Waals surface area contributed by atoms with Crippen LogP contribution in [0.1, 0.15) is 44.6 Å². The molecule has 5 heterocycles. The number of hydrogen-bond acceptors (Lipinski definition) is 7. The quantitative estimate of drug-likeness (QED) is 0.540. The van der Waals surface area contributed by atoms with Crippen LogP contribution in [0.15, 0.2) is 36.8 Å². The Bertz CT molecular complexity index is 1240. The third-order valence-corrected chi connectivity index (χ3v) is 8.60. The summed E-state index contributed by atoms with van der Waals surface area (Å²) < 4.78 is 14.7. The van der Waals surface area contributed by atoms with Gasteiger partial charge in [-0.05, 0) is 62.1 Å². The third kappa shape index (κ3) is 3.79. The van der Waals surface area contributed by atoms with Gasteiger partial charge in [0, 0.05) is 37.4 Å². The van der Waals surface area contributed by atoms with E-state index in [0.717, 1.165) is 86.1 Å². The van der Waals surface area contributed by atoms with Gasteiger partial charge in [0.15, 0.2) is 0 Å². The molecule has 2 aromatic heterocycles. The maximum atomic E-state index is 9.56. The van der Waals surface area contributed by atoms with Gasteiger partial charge < -0.3 is 24.9 Å². The van der Waals surface area contributed by atoms with Gasteiger partial charge in [-0.1, -0.05) is 12.1 Å². The second-order valence-electron chi connectivity index (χ2n) is 11.1. The standard InChI is InChI=1S/C27H33N5O3/c28-25-24-23(18-2-1-3-22(10-18)34-15-27-6-4-21(35-27)5-7-27)14-32(26(24)30-16-29-25)19-8-17(9-19)11-31-12-20(33)13-31/h1-3,10,14,16-17,19-21,33H,4-9,11-13,15H2,(H2,28,29,30). The number of rotatable bonds is 7. The summed E-state index contributed by atoms with van der Waals surface area (Å²) in [6.45, 7) is 3.31. The van der Waals surface area contributed by atoms with Crippen molar-refractivity contribution < 1.29 is 14.6 Å². The molecule has 2 bridgehead atoms. The van der Waals surface area contributed by atoms with Crippen molar-refractivity contribution in [3.8, 4) is 16.9 Å². The molecule has 7 rings (SSSR count). The highest BCUT2D eigenvalue weighted by Crippen LogP contribution is 2.45. The Kier molecular flexibility index (Phi) is 5.05. The lowest BCUT2D eigenvalue weighted by Crippen LogP contribution is -2.53. The fourth-order valence-electron chi connectivity index (χ4n) is 6.59. The van der Waals surface area contributed by atoms with E-state index in [-0.39, 0.29) is 11.7 Å². The number of aliphatic hydroxyl groups is 1. The number of nitrogens with zero attached hydrogens (tertiary/aromatic N) is 4. The summed E-state index contributed by atoms with van der Waals surface area (Å²) in [5.41, 5.74) is 9.29. The molecule has 3 aliphatic heterocycles. The van der Waals surface area contributed by atoms with Crippen LogP contribution in [0.4, 0.5) is 5.82 Å². The number of likely N-dealkylation sites (tertiary alicyclic amines) is 1. The van der Waals surface area contributed by atoms with Gasteiger partial charge in [-0.3, -0.25) is 4.90 Å². The Labute approximate surface area is 205 Å². The number of ether oxygens (including phenoxy) is 2. The predicted octanol–water partition coefficient (Wildman–Crippen LogP) is 3.40. The van der Waals surface area contributed by atoms with Gasteiger partial charge in [-0.15, -0.1) is 0 Å². The molecule has 3 saturated heterocycles. The van der Waals surface area contributed by atoms with Crippen LogP contribution < -0.4 is 10.5 Å². The van der Waals surface area contributed by atoms with Gasteiger partial charge in [0.25, 0.3) is 0 Å². The van der Waals surface area contributed by atoms with E-state index >= 15 is 0 Å². The second-order valence-corrected chi connectivity index (χ2v) is 11.1. The van der Waals surface area contributed by atoms with Gasteiger partial charge in [0.1, 0.15) is 35.7 Å². The molecule has 3 N–H and O–H groups in total. The van der Waals surface area contributed by atoms with Crippen molar-refractivity contribution in [2.24, 2.45) is 5.92 Å². The van der Waals surface area contributed by atoms with Crippen LogP contribution in [-0.2, 0) is 4.74 Å². The summed E-state index contributed by atoms with van der Waals surface area (Å²) >= 11 is 0. The van der Waals surface area contributed by atoms with E-state index in [4.69, 9.17) is 15.2 Å². The largest absolute Gasteiger partial charge is 0.491 e. The molecule has 0 radical (unpaired) electrons. The topological polar surface area (TPSA) is 98.7 Å². The molecule has 4 aliphatic rings. The van der Waals surface area contributed by atoms with E-state index in [0.29, 0.717) is 30.5 Å². The summed E-state index contributed by atoms with van der Waals surface area (Å²) in [5.74, 6) is 2.03. The summed E-state index contributed by atoms with van der Waals surface area (Å²) in [5, 5.41) is 10.5. The molecule has 8 heteroatoms. The first kappa shape index (κ1) is 21.6. The SMILES string of the molecule is Nc1ncnc2c1c(-c1cccc(OCC34CCC(CC3)O4)c1)cn2C1CC(CN2CC(O)C2)C1. The van der Waals surface area contributed by atoms with E-state index in [1.807, 2.05) is 12.1 Å². The van der Waals surface area contributed by atoms with E-state index in [1.165, 1.54) is 0 Å². The lowest BCUT2D eigenvalue weighted by atomic mass is 9.79. The van der Waals surface area contributed by atoms with Crippen LogP contribution in [0.2, 0.25) is 0 Å². The molecule has 1 aromatic carbocycles. The van der Waals surface area contributed by atoms with Gasteiger partial charge in [0.2, 0.25) is 0 Å². The van der Waals surface area contributed by atoms with Gasteiger partial charge in [-0.2, -0.15) is 0 Å². The maximum absolute atomic E-state index is 9.56. The molecule has 0 atom stereocenters. The summed E-state index contributed by atoms with van der Waals surface area (Å²) in [6, 6.07) is 8.67. The van der Waals surface area contributed by atoms with Crippen LogP contribution in [0.25, 0.3) is 22.2 Å². The average Bonchev–Trinajstić information content (AvgIpc) is 3.53. The highest BCUT2D eigenvalue weighted by Gasteiger charge is 2.46. The summed E-state index contributed by atoms with van der Waals surface area (Å²) in [4.78, 5) is 11.3. The minimum Gasteiger partial charge on any atom is -0.491 e. The van der Waals surface area contributed by atoms with Crippen molar-refractivity contribution in [1.82, 2.24) is 19.4 Å². The summed E-state index contributed by atoms with van der Waals surface area (Å²) in [6.07, 6.45) is 10.8. The zero-order chi connectivity index (χ0) is 23.6. The lowest BCUT2D eigenvalue weighted by Gasteiger charge is -2.43. The smallest absolute Gasteiger partial charge is 0.146 e. The molecule has 8 nitrogen and oxygen atoms in total. The average molecular weight is 476 g/mol. The van der Waals surface area contributed by atoms with Crippen molar-refractivity contribution in [2.45, 2.75) is 62.4 Å². The van der Waals surface area contributed by atoms with Crippen LogP contribution in [-0.4, -0.2) is 68.6 Å². The number of nitrogen functional groups attached to an aromatic ring is 1. The molecule has 0 amide bonds. The molecule has 1 saturated carbocycles. The summed E-state index contributed by atoms with van der Waals surface area (Å²) in [7, 11) is 0. The number of β-amino-alcohol motifs (C(OH)–C–C–N with tert-alkyl or cyclic N) is 1. The Morgan fingerprint density at radius 2 is 2.00 bits per heavy atom. The first-order valence-electron chi connectivity index (χ1n) is 13.0. The first-order chi connectivity index (χ1) is 17.1. The molecule has 35 heavy (non-hydrogen) atoms. The third-order valence-electron chi connectivity index (χ3n) is 8.60. The molecule has 184 valence electrons. The maximum Gasteiger partial charge on any atom is 0.146 e. The Hall–Kier alpha value is -2.68. The fraction of sp³-hybridized carbons (Fsp3) is 0.556. The molecular weight excluding hydrogens is 442 g/mol. The highest BCUT2D eigenvalue weighted by atomic mass is 16.6. The Morgan fingerprint density at radius 1 is 1.17 bits per heavy atom. The van der Waals surface area contributed by atoms with Crippen molar-refractivity contribution in [3.63, 3.8) is 0 Å². The minimum atomic E-state index is -0.137. The van der Waals surface area contributed by atoms with Gasteiger partial charge >= 0.3 is 0 Å². The Morgan fingerprint density at radius 3 is 2.74 bits per heavy atom. The zero-order valence-corrected chi connectivity index (χ0v) is 20.0. The number of hydrogen-bond donors (Lipinski definition) is 2. The number of aromatic nitrogens is 3. The van der Waals surface area contributed by atoms with Gasteiger partial charge in [-0.25, -0.2) is 9.97 Å². The van der Waals surface area contributed by atoms with E-state index < -0.39 is 0 Å². The van der Waals surface area contributed by atoms with E-state index in [9.17, 15) is 5.11 Å². The van der Waals surface area contributed by atoms with E-state index in [1.54, 1.807) is 6.33 Å². The van der Waals surface area contributed by atoms with Crippen molar-refractivity contribution in [2.75, 3.05) is 32.0 Å². The van der Waals surface area contributed by atoms with Crippen molar-refractivity contribution >= 4 is 16.9 Å². The van der Waals surface area contributed by atoms with Crippen LogP contribution in [0.3, 0.4) is 0 Å². The number of fused-ring (bicyclic) bond motifs is 3. The van der Waals surface area contributed by atoms with Crippen molar-refractivity contribution in [3.05, 3.63) is 36.8 Å². The van der Waals surface area contributed by atoms with Crippen LogP contribution in [0.5, 0.6) is 5.75 Å². The molecule has 4 fully saturated rings. The zero-order valence-electron chi connectivity index (χ0n) is 20.0. The number of benzene rings is 1. The number of aliphatic hydroxyl groups excluding tert-OH is 1. The molecule has 3 aromatic rings.